The van der Waals surface area contributed by atoms with E-state index in [0.29, 0.717) is 0 Å². The van der Waals surface area contributed by atoms with Gasteiger partial charge in [-0.1, -0.05) is 19.0 Å². The van der Waals surface area contributed by atoms with E-state index in [1.807, 2.05) is 45.0 Å². The Morgan fingerprint density at radius 2 is 1.52 bits per heavy atom. The van der Waals surface area contributed by atoms with E-state index in [4.69, 9.17) is 14.3 Å². The Hall–Kier alpha value is -1.71. The average molecular weight is 293 g/mol. The molecule has 0 bridgehead atoms. The number of nitrogens with zero attached hydrogens (tertiary/aromatic N) is 1. The summed E-state index contributed by atoms with van der Waals surface area (Å²) in [6.45, 7) is 10.1. The first-order valence-electron chi connectivity index (χ1n) is 7.67. The Morgan fingerprint density at radius 1 is 0.952 bits per heavy atom. The molecule has 118 valence electrons. The molecule has 0 aliphatic carbocycles. The average Bonchev–Trinajstić information content (AvgIpc) is 2.49. The number of oxime groups is 1. The highest BCUT2D eigenvalue weighted by atomic mass is 16.7. The second-order valence-corrected chi connectivity index (χ2v) is 5.14. The summed E-state index contributed by atoms with van der Waals surface area (Å²) in [4.78, 5) is 5.33. The molecule has 1 rings (SSSR count). The highest BCUT2D eigenvalue weighted by Crippen LogP contribution is 2.21. The van der Waals surface area contributed by atoms with Gasteiger partial charge in [-0.3, -0.25) is 0 Å². The van der Waals surface area contributed by atoms with Crippen molar-refractivity contribution in [2.45, 2.75) is 65.8 Å². The first-order chi connectivity index (χ1) is 10.1. The lowest BCUT2D eigenvalue weighted by Crippen LogP contribution is -2.27. The van der Waals surface area contributed by atoms with Crippen LogP contribution >= 0.6 is 0 Å². The highest BCUT2D eigenvalue weighted by molar-refractivity contribution is 5.55. The third-order valence-electron chi connectivity index (χ3n) is 3.20. The molecule has 0 saturated heterocycles. The van der Waals surface area contributed by atoms with Crippen LogP contribution in [0.25, 0.3) is 0 Å². The molecular formula is C17H27NO3. The molecule has 0 amide bonds. The predicted octanol–water partition coefficient (Wildman–Crippen LogP) is 4.43. The molecule has 4 nitrogen and oxygen atoms in total. The molecule has 0 aliphatic rings. The fraction of sp³-hybridized carbons (Fsp3) is 0.588. The van der Waals surface area contributed by atoms with Gasteiger partial charge >= 0.3 is 0 Å². The zero-order valence-electron chi connectivity index (χ0n) is 13.7. The molecule has 0 spiro atoms. The van der Waals surface area contributed by atoms with Gasteiger partial charge in [0.15, 0.2) is 6.10 Å². The smallest absolute Gasteiger partial charge is 0.161 e. The molecule has 1 aromatic carbocycles. The molecular weight excluding hydrogens is 266 g/mol. The van der Waals surface area contributed by atoms with Crippen LogP contribution in [0.5, 0.6) is 11.5 Å². The quantitative estimate of drug-likeness (QED) is 0.499. The van der Waals surface area contributed by atoms with Crippen molar-refractivity contribution in [1.29, 1.82) is 0 Å². The maximum absolute atomic E-state index is 5.84. The van der Waals surface area contributed by atoms with E-state index in [1.165, 1.54) is 0 Å². The highest BCUT2D eigenvalue weighted by Gasteiger charge is 2.15. The molecule has 0 aliphatic heterocycles. The van der Waals surface area contributed by atoms with Crippen LogP contribution in [0.3, 0.4) is 0 Å². The minimum absolute atomic E-state index is 0.0830. The van der Waals surface area contributed by atoms with Gasteiger partial charge in [0, 0.05) is 6.21 Å². The Kier molecular flexibility index (Phi) is 7.65. The summed E-state index contributed by atoms with van der Waals surface area (Å²) in [7, 11) is 0. The van der Waals surface area contributed by atoms with Gasteiger partial charge < -0.3 is 14.3 Å². The van der Waals surface area contributed by atoms with E-state index in [-0.39, 0.29) is 18.3 Å². The van der Waals surface area contributed by atoms with Crippen molar-refractivity contribution in [1.82, 2.24) is 0 Å². The third-order valence-corrected chi connectivity index (χ3v) is 3.20. The molecule has 21 heavy (non-hydrogen) atoms. The normalized spacial score (nSPS) is 15.5. The molecule has 0 heterocycles. The molecule has 0 radical (unpaired) electrons. The van der Waals surface area contributed by atoms with Crippen molar-refractivity contribution in [3.8, 4) is 11.5 Å². The van der Waals surface area contributed by atoms with Gasteiger partial charge in [0.2, 0.25) is 0 Å². The van der Waals surface area contributed by atoms with Crippen LogP contribution in [-0.2, 0) is 4.84 Å². The van der Waals surface area contributed by atoms with Crippen molar-refractivity contribution >= 4 is 6.21 Å². The molecule has 0 fully saturated rings. The first-order valence-corrected chi connectivity index (χ1v) is 7.67. The topological polar surface area (TPSA) is 40.0 Å². The summed E-state index contributed by atoms with van der Waals surface area (Å²) in [5.41, 5.74) is 0. The minimum Gasteiger partial charge on any atom is -0.491 e. The fourth-order valence-corrected chi connectivity index (χ4v) is 1.52. The molecule has 0 saturated carbocycles. The van der Waals surface area contributed by atoms with E-state index < -0.39 is 0 Å². The largest absolute Gasteiger partial charge is 0.491 e. The van der Waals surface area contributed by atoms with Crippen molar-refractivity contribution < 1.29 is 14.3 Å². The Morgan fingerprint density at radius 3 is 2.05 bits per heavy atom. The van der Waals surface area contributed by atoms with Crippen LogP contribution in [0.1, 0.15) is 47.5 Å². The van der Waals surface area contributed by atoms with E-state index in [2.05, 4.69) is 19.0 Å². The number of benzene rings is 1. The summed E-state index contributed by atoms with van der Waals surface area (Å²) in [5, 5.41) is 3.88. The lowest BCUT2D eigenvalue weighted by Gasteiger charge is -2.20. The van der Waals surface area contributed by atoms with Crippen LogP contribution in [0.15, 0.2) is 29.4 Å². The van der Waals surface area contributed by atoms with Gasteiger partial charge in [0.05, 0.1) is 6.10 Å². The summed E-state index contributed by atoms with van der Waals surface area (Å²) in [6.07, 6.45) is 3.62. The van der Waals surface area contributed by atoms with Crippen LogP contribution in [-0.4, -0.2) is 24.5 Å². The van der Waals surface area contributed by atoms with Crippen molar-refractivity contribution in [2.75, 3.05) is 0 Å². The van der Waals surface area contributed by atoms with E-state index in [9.17, 15) is 0 Å². The predicted molar refractivity (Wildman–Crippen MR) is 86.2 cm³/mol. The second-order valence-electron chi connectivity index (χ2n) is 5.14. The van der Waals surface area contributed by atoms with Crippen LogP contribution < -0.4 is 9.47 Å². The van der Waals surface area contributed by atoms with E-state index in [0.717, 1.165) is 24.3 Å². The van der Waals surface area contributed by atoms with Gasteiger partial charge in [-0.2, -0.15) is 0 Å². The lowest BCUT2D eigenvalue weighted by atomic mass is 10.2. The molecule has 3 unspecified atom stereocenters. The Balaban J connectivity index is 2.49. The first kappa shape index (κ1) is 17.3. The maximum Gasteiger partial charge on any atom is 0.161 e. The SMILES string of the molecule is CC/C=N/OC(C)C(C)Oc1ccc(OC(C)CC)cc1. The van der Waals surface area contributed by atoms with Crippen LogP contribution in [0, 0.1) is 0 Å². The molecule has 1 aromatic rings. The number of ether oxygens (including phenoxy) is 2. The zero-order valence-corrected chi connectivity index (χ0v) is 13.7. The fourth-order valence-electron chi connectivity index (χ4n) is 1.52. The summed E-state index contributed by atoms with van der Waals surface area (Å²) in [5.74, 6) is 1.66. The summed E-state index contributed by atoms with van der Waals surface area (Å²) < 4.78 is 11.6. The maximum atomic E-state index is 5.84. The van der Waals surface area contributed by atoms with Crippen molar-refractivity contribution in [3.05, 3.63) is 24.3 Å². The second kappa shape index (κ2) is 9.27. The van der Waals surface area contributed by atoms with Crippen molar-refractivity contribution in [3.63, 3.8) is 0 Å². The Labute approximate surface area is 128 Å². The van der Waals surface area contributed by atoms with Gasteiger partial charge in [-0.05, 0) is 57.9 Å². The minimum atomic E-state index is -0.108. The standard InChI is InChI=1S/C17H27NO3/c1-6-12-18-21-15(5)14(4)20-17-10-8-16(9-11-17)19-13(3)7-2/h8-15H,6-7H2,1-5H3/b18-12+. The monoisotopic (exact) mass is 293 g/mol. The van der Waals surface area contributed by atoms with Gasteiger partial charge in [0.25, 0.3) is 0 Å². The Bertz CT molecular complexity index is 417. The third kappa shape index (κ3) is 6.52. The van der Waals surface area contributed by atoms with Crippen LogP contribution in [0.4, 0.5) is 0 Å². The van der Waals surface area contributed by atoms with Crippen molar-refractivity contribution in [2.24, 2.45) is 5.16 Å². The summed E-state index contributed by atoms with van der Waals surface area (Å²) in [6, 6.07) is 7.68. The molecule has 3 atom stereocenters. The molecule has 0 aromatic heterocycles. The molecule has 4 heteroatoms. The van der Waals surface area contributed by atoms with Gasteiger partial charge in [-0.25, -0.2) is 0 Å². The van der Waals surface area contributed by atoms with Crippen LogP contribution in [0.2, 0.25) is 0 Å². The number of hydrogen-bond acceptors (Lipinski definition) is 4. The molecule has 0 N–H and O–H groups in total. The summed E-state index contributed by atoms with van der Waals surface area (Å²) >= 11 is 0. The number of hydrogen-bond donors (Lipinski definition) is 0. The van der Waals surface area contributed by atoms with Gasteiger partial charge in [0.1, 0.15) is 17.6 Å². The van der Waals surface area contributed by atoms with Gasteiger partial charge in [-0.15, -0.1) is 0 Å². The zero-order chi connectivity index (χ0) is 15.7. The van der Waals surface area contributed by atoms with E-state index in [1.54, 1.807) is 6.21 Å². The number of rotatable bonds is 9. The lowest BCUT2D eigenvalue weighted by molar-refractivity contribution is -0.00389. The van der Waals surface area contributed by atoms with E-state index >= 15 is 0 Å².